The molecule has 0 amide bonds. The van der Waals surface area contributed by atoms with Crippen molar-refractivity contribution in [1.29, 1.82) is 0 Å². The second-order valence-electron chi connectivity index (χ2n) is 22.4. The summed E-state index contributed by atoms with van der Waals surface area (Å²) < 4.78 is 16.9. The average molecular weight is 1050 g/mol. The van der Waals surface area contributed by atoms with E-state index in [9.17, 15) is 14.4 Å². The van der Waals surface area contributed by atoms with Crippen molar-refractivity contribution in [1.82, 2.24) is 0 Å². The van der Waals surface area contributed by atoms with Crippen LogP contribution in [0.15, 0.2) is 48.6 Å². The Balaban J connectivity index is 4.20. The number of carbonyl (C=O) groups excluding carboxylic acids is 3. The summed E-state index contributed by atoms with van der Waals surface area (Å²) in [6.07, 6.45) is 79.9. The lowest BCUT2D eigenvalue weighted by atomic mass is 10.0. The molecule has 6 heteroatoms. The second kappa shape index (κ2) is 63.9. The summed E-state index contributed by atoms with van der Waals surface area (Å²) in [4.78, 5) is 38.3. The van der Waals surface area contributed by atoms with E-state index in [1.807, 2.05) is 0 Å². The smallest absolute Gasteiger partial charge is 0.306 e. The highest BCUT2D eigenvalue weighted by atomic mass is 16.6. The fraction of sp³-hybridized carbons (Fsp3) is 0.841. The van der Waals surface area contributed by atoms with Gasteiger partial charge in [-0.2, -0.15) is 0 Å². The SMILES string of the molecule is CCCC/C=C\CCCCCCCC(=O)OCC(COC(=O)CCCCCCCCCCCCCCCCC/C=C\C/C=C\CCCCCCC)OC(=O)CCCCCCCCCCC/C=C\CCCCCCCC. The maximum atomic E-state index is 12.9. The van der Waals surface area contributed by atoms with Crippen molar-refractivity contribution >= 4 is 17.9 Å². The van der Waals surface area contributed by atoms with Crippen LogP contribution in [0, 0.1) is 0 Å². The zero-order valence-corrected chi connectivity index (χ0v) is 50.3. The third-order valence-electron chi connectivity index (χ3n) is 14.8. The molecule has 438 valence electrons. The van der Waals surface area contributed by atoms with E-state index in [4.69, 9.17) is 14.2 Å². The second-order valence-corrected chi connectivity index (χ2v) is 22.4. The Kier molecular flexibility index (Phi) is 61.7. The summed E-state index contributed by atoms with van der Waals surface area (Å²) >= 11 is 0. The fourth-order valence-corrected chi connectivity index (χ4v) is 9.75. The molecule has 0 aromatic heterocycles. The van der Waals surface area contributed by atoms with Crippen LogP contribution in [-0.2, 0) is 28.6 Å². The van der Waals surface area contributed by atoms with Gasteiger partial charge < -0.3 is 14.2 Å². The molecule has 0 N–H and O–H groups in total. The lowest BCUT2D eigenvalue weighted by molar-refractivity contribution is -0.167. The summed E-state index contributed by atoms with van der Waals surface area (Å²) in [5, 5.41) is 0. The van der Waals surface area contributed by atoms with Gasteiger partial charge in [-0.1, -0.05) is 288 Å². The van der Waals surface area contributed by atoms with Gasteiger partial charge in [0.2, 0.25) is 0 Å². The molecule has 0 aliphatic carbocycles. The van der Waals surface area contributed by atoms with Gasteiger partial charge >= 0.3 is 17.9 Å². The molecule has 1 atom stereocenters. The molecule has 0 radical (unpaired) electrons. The summed E-state index contributed by atoms with van der Waals surface area (Å²) in [7, 11) is 0. The maximum Gasteiger partial charge on any atom is 0.306 e. The lowest BCUT2D eigenvalue weighted by Crippen LogP contribution is -2.30. The number of allylic oxidation sites excluding steroid dienone is 8. The standard InChI is InChI=1S/C69H126O6/c1-4-7-10-13-16-19-22-24-26-28-30-31-32-33-34-35-36-37-39-40-42-44-47-50-53-56-59-62-68(71)74-65-66(64-73-67(70)61-58-55-52-49-46-21-18-15-12-9-6-3)75-69(72)63-60-57-54-51-48-45-43-41-38-29-27-25-23-20-17-14-11-8-5-2/h15,18,22,24-25,27-28,30,66H,4-14,16-17,19-21,23,26,29,31-65H2,1-3H3/b18-15-,24-22-,27-25-,30-28-. The Labute approximate surface area is 467 Å². The van der Waals surface area contributed by atoms with Crippen molar-refractivity contribution in [3.63, 3.8) is 0 Å². The molecule has 0 rings (SSSR count). The molecule has 0 aliphatic rings. The Morgan fingerprint density at radius 2 is 0.493 bits per heavy atom. The van der Waals surface area contributed by atoms with Crippen LogP contribution in [0.25, 0.3) is 0 Å². The lowest BCUT2D eigenvalue weighted by Gasteiger charge is -2.18. The van der Waals surface area contributed by atoms with Gasteiger partial charge in [-0.05, 0) is 96.3 Å². The minimum Gasteiger partial charge on any atom is -0.462 e. The monoisotopic (exact) mass is 1050 g/mol. The van der Waals surface area contributed by atoms with E-state index in [2.05, 4.69) is 69.4 Å². The topological polar surface area (TPSA) is 78.9 Å². The highest BCUT2D eigenvalue weighted by molar-refractivity contribution is 5.71. The molecular weight excluding hydrogens is 925 g/mol. The van der Waals surface area contributed by atoms with E-state index in [0.717, 1.165) is 70.6 Å². The number of hydrogen-bond donors (Lipinski definition) is 0. The number of esters is 3. The van der Waals surface area contributed by atoms with Gasteiger partial charge in [0.15, 0.2) is 6.10 Å². The highest BCUT2D eigenvalue weighted by Gasteiger charge is 2.19. The molecule has 0 heterocycles. The Morgan fingerprint density at radius 3 is 0.787 bits per heavy atom. The van der Waals surface area contributed by atoms with Crippen LogP contribution in [0.5, 0.6) is 0 Å². The van der Waals surface area contributed by atoms with Gasteiger partial charge in [-0.3, -0.25) is 14.4 Å². The summed E-state index contributed by atoms with van der Waals surface area (Å²) in [6.45, 7) is 6.63. The molecule has 0 aromatic rings. The first kappa shape index (κ1) is 72.4. The molecule has 75 heavy (non-hydrogen) atoms. The van der Waals surface area contributed by atoms with Crippen molar-refractivity contribution in [2.75, 3.05) is 13.2 Å². The number of ether oxygens (including phenoxy) is 3. The highest BCUT2D eigenvalue weighted by Crippen LogP contribution is 2.17. The van der Waals surface area contributed by atoms with Gasteiger partial charge in [0, 0.05) is 19.3 Å². The van der Waals surface area contributed by atoms with Crippen LogP contribution in [0.1, 0.15) is 355 Å². The predicted octanol–water partition coefficient (Wildman–Crippen LogP) is 22.6. The van der Waals surface area contributed by atoms with Crippen LogP contribution in [0.2, 0.25) is 0 Å². The van der Waals surface area contributed by atoms with Gasteiger partial charge in [-0.25, -0.2) is 0 Å². The van der Waals surface area contributed by atoms with E-state index in [1.165, 1.54) is 244 Å². The van der Waals surface area contributed by atoms with Gasteiger partial charge in [0.25, 0.3) is 0 Å². The van der Waals surface area contributed by atoms with Crippen molar-refractivity contribution in [2.24, 2.45) is 0 Å². The minimum atomic E-state index is -0.776. The van der Waals surface area contributed by atoms with Crippen molar-refractivity contribution in [3.8, 4) is 0 Å². The maximum absolute atomic E-state index is 12.9. The first-order chi connectivity index (χ1) is 37.0. The Hall–Kier alpha value is -2.63. The van der Waals surface area contributed by atoms with Crippen molar-refractivity contribution < 1.29 is 28.6 Å². The number of unbranched alkanes of at least 4 members (excludes halogenated alkanes) is 42. The summed E-state index contributed by atoms with van der Waals surface area (Å²) in [5.74, 6) is -0.866. The van der Waals surface area contributed by atoms with Crippen LogP contribution < -0.4 is 0 Å². The van der Waals surface area contributed by atoms with E-state index in [1.54, 1.807) is 0 Å². The average Bonchev–Trinajstić information content (AvgIpc) is 3.41. The van der Waals surface area contributed by atoms with Crippen LogP contribution in [0.4, 0.5) is 0 Å². The Morgan fingerprint density at radius 1 is 0.267 bits per heavy atom. The minimum absolute atomic E-state index is 0.0735. The number of rotatable bonds is 61. The van der Waals surface area contributed by atoms with Crippen molar-refractivity contribution in [3.05, 3.63) is 48.6 Å². The zero-order valence-electron chi connectivity index (χ0n) is 50.3. The molecule has 0 spiro atoms. The van der Waals surface area contributed by atoms with Crippen LogP contribution in [-0.4, -0.2) is 37.2 Å². The summed E-state index contributed by atoms with van der Waals surface area (Å²) in [5.41, 5.74) is 0. The molecule has 0 saturated heterocycles. The quantitative estimate of drug-likeness (QED) is 0.0261. The number of carbonyl (C=O) groups is 3. The molecular formula is C69H126O6. The van der Waals surface area contributed by atoms with E-state index >= 15 is 0 Å². The summed E-state index contributed by atoms with van der Waals surface area (Å²) in [6, 6.07) is 0. The molecule has 0 bridgehead atoms. The normalized spacial score (nSPS) is 12.3. The van der Waals surface area contributed by atoms with Gasteiger partial charge in [-0.15, -0.1) is 0 Å². The molecule has 0 saturated carbocycles. The Bertz CT molecular complexity index is 1300. The fourth-order valence-electron chi connectivity index (χ4n) is 9.75. The molecule has 0 aromatic carbocycles. The molecule has 6 nitrogen and oxygen atoms in total. The van der Waals surface area contributed by atoms with E-state index < -0.39 is 6.10 Å². The van der Waals surface area contributed by atoms with Crippen LogP contribution >= 0.6 is 0 Å². The largest absolute Gasteiger partial charge is 0.462 e. The zero-order chi connectivity index (χ0) is 54.3. The predicted molar refractivity (Wildman–Crippen MR) is 325 cm³/mol. The van der Waals surface area contributed by atoms with Gasteiger partial charge in [0.05, 0.1) is 0 Å². The first-order valence-electron chi connectivity index (χ1n) is 33.1. The van der Waals surface area contributed by atoms with Crippen molar-refractivity contribution in [2.45, 2.75) is 361 Å². The van der Waals surface area contributed by atoms with Gasteiger partial charge in [0.1, 0.15) is 13.2 Å². The van der Waals surface area contributed by atoms with Crippen LogP contribution in [0.3, 0.4) is 0 Å². The third-order valence-corrected chi connectivity index (χ3v) is 14.8. The van der Waals surface area contributed by atoms with E-state index in [-0.39, 0.29) is 31.1 Å². The molecule has 0 fully saturated rings. The number of hydrogen-bond acceptors (Lipinski definition) is 6. The van der Waals surface area contributed by atoms with E-state index in [0.29, 0.717) is 19.3 Å². The molecule has 0 aliphatic heterocycles. The third kappa shape index (κ3) is 62.1. The molecule has 1 unspecified atom stereocenters. The first-order valence-corrected chi connectivity index (χ1v) is 33.1.